The van der Waals surface area contributed by atoms with Crippen molar-refractivity contribution in [2.45, 2.75) is 33.4 Å². The first-order valence-electron chi connectivity index (χ1n) is 5.14. The quantitative estimate of drug-likeness (QED) is 0.856. The molecule has 1 unspecified atom stereocenters. The van der Waals surface area contributed by atoms with Crippen LogP contribution in [0.3, 0.4) is 0 Å². The van der Waals surface area contributed by atoms with E-state index < -0.39 is 0 Å². The Labute approximate surface area is 95.8 Å². The normalized spacial score (nSPS) is 14.5. The van der Waals surface area contributed by atoms with Crippen molar-refractivity contribution in [2.75, 3.05) is 13.7 Å². The van der Waals surface area contributed by atoms with Crippen molar-refractivity contribution < 1.29 is 5.11 Å². The van der Waals surface area contributed by atoms with Gasteiger partial charge in [-0.25, -0.2) is 4.98 Å². The molecule has 4 heteroatoms. The van der Waals surface area contributed by atoms with E-state index in [1.807, 2.05) is 18.6 Å². The van der Waals surface area contributed by atoms with Gasteiger partial charge in [-0.15, -0.1) is 11.3 Å². The monoisotopic (exact) mass is 228 g/mol. The molecule has 0 radical (unpaired) electrons. The summed E-state index contributed by atoms with van der Waals surface area (Å²) < 4.78 is 0. The lowest BCUT2D eigenvalue weighted by atomic mass is 9.86. The summed E-state index contributed by atoms with van der Waals surface area (Å²) in [5, 5.41) is 12.5. The summed E-state index contributed by atoms with van der Waals surface area (Å²) in [7, 11) is 2.04. The lowest BCUT2D eigenvalue weighted by Gasteiger charge is -2.36. The maximum absolute atomic E-state index is 9.40. The van der Waals surface area contributed by atoms with Crippen LogP contribution in [0.2, 0.25) is 0 Å². The van der Waals surface area contributed by atoms with Crippen LogP contribution in [-0.2, 0) is 6.54 Å². The van der Waals surface area contributed by atoms with Gasteiger partial charge in [0, 0.05) is 17.6 Å². The molecule has 1 aromatic rings. The maximum atomic E-state index is 9.40. The van der Waals surface area contributed by atoms with Crippen molar-refractivity contribution in [3.8, 4) is 0 Å². The lowest BCUT2D eigenvalue weighted by molar-refractivity contribution is 0.0614. The van der Waals surface area contributed by atoms with Crippen molar-refractivity contribution in [3.05, 3.63) is 16.6 Å². The predicted molar refractivity (Wildman–Crippen MR) is 63.9 cm³/mol. The molecule has 0 aliphatic carbocycles. The SMILES string of the molecule is CN(Cc1nccs1)C(CO)C(C)(C)C. The highest BCUT2D eigenvalue weighted by atomic mass is 32.1. The minimum Gasteiger partial charge on any atom is -0.395 e. The number of hydrogen-bond donors (Lipinski definition) is 1. The van der Waals surface area contributed by atoms with Gasteiger partial charge in [0.05, 0.1) is 13.2 Å². The first-order chi connectivity index (χ1) is 6.95. The van der Waals surface area contributed by atoms with E-state index >= 15 is 0 Å². The van der Waals surface area contributed by atoms with Crippen LogP contribution in [0.4, 0.5) is 0 Å². The third-order valence-corrected chi connectivity index (χ3v) is 3.34. The fraction of sp³-hybridized carbons (Fsp3) is 0.727. The van der Waals surface area contributed by atoms with Gasteiger partial charge in [0.15, 0.2) is 0 Å². The van der Waals surface area contributed by atoms with Crippen molar-refractivity contribution in [2.24, 2.45) is 5.41 Å². The molecule has 1 N–H and O–H groups in total. The Morgan fingerprint density at radius 2 is 2.20 bits per heavy atom. The molecule has 0 saturated heterocycles. The van der Waals surface area contributed by atoms with Gasteiger partial charge in [0.2, 0.25) is 0 Å². The molecular weight excluding hydrogens is 208 g/mol. The molecule has 3 nitrogen and oxygen atoms in total. The highest BCUT2D eigenvalue weighted by Gasteiger charge is 2.27. The molecule has 1 atom stereocenters. The van der Waals surface area contributed by atoms with Gasteiger partial charge in [-0.05, 0) is 12.5 Å². The molecule has 0 aromatic carbocycles. The topological polar surface area (TPSA) is 36.4 Å². The molecule has 0 aliphatic rings. The van der Waals surface area contributed by atoms with Crippen molar-refractivity contribution in [1.82, 2.24) is 9.88 Å². The number of aromatic nitrogens is 1. The zero-order valence-corrected chi connectivity index (χ0v) is 10.7. The van der Waals surface area contributed by atoms with Crippen LogP contribution in [0.25, 0.3) is 0 Å². The van der Waals surface area contributed by atoms with Crippen LogP contribution in [0.15, 0.2) is 11.6 Å². The molecule has 0 saturated carbocycles. The number of rotatable bonds is 4. The fourth-order valence-corrected chi connectivity index (χ4v) is 2.41. The Bertz CT molecular complexity index is 279. The number of nitrogens with zero attached hydrogens (tertiary/aromatic N) is 2. The molecule has 86 valence electrons. The third kappa shape index (κ3) is 3.55. The maximum Gasteiger partial charge on any atom is 0.107 e. The summed E-state index contributed by atoms with van der Waals surface area (Å²) >= 11 is 1.66. The van der Waals surface area contributed by atoms with E-state index in [9.17, 15) is 5.11 Å². The van der Waals surface area contributed by atoms with Crippen LogP contribution in [-0.4, -0.2) is 34.7 Å². The van der Waals surface area contributed by atoms with E-state index in [0.717, 1.165) is 11.6 Å². The number of likely N-dealkylation sites (N-methyl/N-ethyl adjacent to an activating group) is 1. The van der Waals surface area contributed by atoms with Gasteiger partial charge in [-0.3, -0.25) is 4.90 Å². The molecular formula is C11H20N2OS. The van der Waals surface area contributed by atoms with E-state index in [-0.39, 0.29) is 18.1 Å². The van der Waals surface area contributed by atoms with Crippen LogP contribution >= 0.6 is 11.3 Å². The number of hydrogen-bond acceptors (Lipinski definition) is 4. The van der Waals surface area contributed by atoms with Crippen molar-refractivity contribution in [3.63, 3.8) is 0 Å². The molecule has 1 aromatic heterocycles. The summed E-state index contributed by atoms with van der Waals surface area (Å²) in [6.45, 7) is 7.43. The summed E-state index contributed by atoms with van der Waals surface area (Å²) in [6.07, 6.45) is 1.82. The summed E-state index contributed by atoms with van der Waals surface area (Å²) in [5.74, 6) is 0. The predicted octanol–water partition coefficient (Wildman–Crippen LogP) is 1.98. The Kier molecular flexibility index (Phi) is 4.25. The van der Waals surface area contributed by atoms with Crippen LogP contribution in [0.1, 0.15) is 25.8 Å². The van der Waals surface area contributed by atoms with Crippen LogP contribution in [0, 0.1) is 5.41 Å². The van der Waals surface area contributed by atoms with Gasteiger partial charge in [0.1, 0.15) is 5.01 Å². The largest absolute Gasteiger partial charge is 0.395 e. The second-order valence-corrected chi connectivity index (χ2v) is 5.88. The molecule has 0 amide bonds. The highest BCUT2D eigenvalue weighted by molar-refractivity contribution is 7.09. The van der Waals surface area contributed by atoms with E-state index in [1.165, 1.54) is 0 Å². The minimum atomic E-state index is 0.0841. The summed E-state index contributed by atoms with van der Waals surface area (Å²) in [4.78, 5) is 6.42. The average molecular weight is 228 g/mol. The molecule has 1 heterocycles. The smallest absolute Gasteiger partial charge is 0.107 e. The van der Waals surface area contributed by atoms with E-state index in [2.05, 4.69) is 30.7 Å². The molecule has 0 spiro atoms. The second-order valence-electron chi connectivity index (χ2n) is 4.91. The van der Waals surface area contributed by atoms with E-state index in [0.29, 0.717) is 0 Å². The molecule has 0 fully saturated rings. The number of thiazole rings is 1. The lowest BCUT2D eigenvalue weighted by Crippen LogP contribution is -2.43. The summed E-state index contributed by atoms with van der Waals surface area (Å²) in [5.41, 5.74) is 0.0841. The molecule has 15 heavy (non-hydrogen) atoms. The Hall–Kier alpha value is -0.450. The Balaban J connectivity index is 2.62. The van der Waals surface area contributed by atoms with Gasteiger partial charge in [-0.2, -0.15) is 0 Å². The van der Waals surface area contributed by atoms with E-state index in [4.69, 9.17) is 0 Å². The van der Waals surface area contributed by atoms with Crippen LogP contribution in [0.5, 0.6) is 0 Å². The Morgan fingerprint density at radius 1 is 1.53 bits per heavy atom. The zero-order chi connectivity index (χ0) is 11.5. The number of aliphatic hydroxyl groups is 1. The van der Waals surface area contributed by atoms with Crippen LogP contribution < -0.4 is 0 Å². The fourth-order valence-electron chi connectivity index (χ4n) is 1.73. The molecule has 0 aliphatic heterocycles. The van der Waals surface area contributed by atoms with Gasteiger partial charge >= 0.3 is 0 Å². The molecule has 1 rings (SSSR count). The average Bonchev–Trinajstić information content (AvgIpc) is 2.54. The van der Waals surface area contributed by atoms with E-state index in [1.54, 1.807) is 11.3 Å². The highest BCUT2D eigenvalue weighted by Crippen LogP contribution is 2.24. The molecule has 0 bridgehead atoms. The Morgan fingerprint density at radius 3 is 2.60 bits per heavy atom. The minimum absolute atomic E-state index is 0.0841. The van der Waals surface area contributed by atoms with Gasteiger partial charge in [-0.1, -0.05) is 20.8 Å². The van der Waals surface area contributed by atoms with Crippen molar-refractivity contribution >= 4 is 11.3 Å². The first kappa shape index (κ1) is 12.6. The number of aliphatic hydroxyl groups excluding tert-OH is 1. The third-order valence-electron chi connectivity index (χ3n) is 2.57. The van der Waals surface area contributed by atoms with Crippen molar-refractivity contribution in [1.29, 1.82) is 0 Å². The van der Waals surface area contributed by atoms with Gasteiger partial charge < -0.3 is 5.11 Å². The van der Waals surface area contributed by atoms with Gasteiger partial charge in [0.25, 0.3) is 0 Å². The second kappa shape index (κ2) is 5.05. The zero-order valence-electron chi connectivity index (χ0n) is 9.90. The summed E-state index contributed by atoms with van der Waals surface area (Å²) in [6, 6.07) is 0.168. The first-order valence-corrected chi connectivity index (χ1v) is 6.02. The standard InChI is InChI=1S/C11H20N2OS/c1-11(2,3)9(8-14)13(4)7-10-12-5-6-15-10/h5-6,9,14H,7-8H2,1-4H3.